The molecule has 0 saturated carbocycles. The maximum absolute atomic E-state index is 12.5. The monoisotopic (exact) mass is 463 g/mol. The number of aryl methyl sites for hydroxylation is 2. The van der Waals surface area contributed by atoms with Crippen molar-refractivity contribution < 1.29 is 19.1 Å². The van der Waals surface area contributed by atoms with Crippen molar-refractivity contribution in [3.05, 3.63) is 80.9 Å². The first-order chi connectivity index (χ1) is 15.4. The lowest BCUT2D eigenvalue weighted by Gasteiger charge is -2.13. The predicted molar refractivity (Wildman–Crippen MR) is 129 cm³/mol. The molecule has 7 heteroatoms. The number of hydrogen-bond acceptors (Lipinski definition) is 6. The van der Waals surface area contributed by atoms with Crippen LogP contribution in [0.15, 0.2) is 64.9 Å². The maximum atomic E-state index is 12.5. The number of carbonyl (C=O) groups excluding carboxylic acids is 3. The SMILES string of the molecule is Cc1ccc(-c2ccc(OC(=O)CCN3C(=O)S/C(=C\c4cccs4)C3=O)c(C)c2)cc1. The van der Waals surface area contributed by atoms with E-state index in [0.29, 0.717) is 10.7 Å². The van der Waals surface area contributed by atoms with Gasteiger partial charge in [-0.1, -0.05) is 42.0 Å². The second-order valence-electron chi connectivity index (χ2n) is 7.42. The first-order valence-electron chi connectivity index (χ1n) is 10.1. The van der Waals surface area contributed by atoms with Crippen molar-refractivity contribution in [1.29, 1.82) is 0 Å². The van der Waals surface area contributed by atoms with Crippen LogP contribution in [0.5, 0.6) is 5.75 Å². The molecule has 1 fully saturated rings. The van der Waals surface area contributed by atoms with E-state index < -0.39 is 5.97 Å². The molecule has 0 radical (unpaired) electrons. The minimum atomic E-state index is -0.488. The van der Waals surface area contributed by atoms with Gasteiger partial charge in [0, 0.05) is 11.4 Å². The Hall–Kier alpha value is -3.16. The number of rotatable bonds is 6. The van der Waals surface area contributed by atoms with Crippen LogP contribution in [-0.2, 0) is 9.59 Å². The highest BCUT2D eigenvalue weighted by atomic mass is 32.2. The average molecular weight is 464 g/mol. The van der Waals surface area contributed by atoms with E-state index in [9.17, 15) is 14.4 Å². The molecule has 0 unspecified atom stereocenters. The molecular weight excluding hydrogens is 442 g/mol. The van der Waals surface area contributed by atoms with Crippen LogP contribution in [0.3, 0.4) is 0 Å². The Kier molecular flexibility index (Phi) is 6.58. The van der Waals surface area contributed by atoms with E-state index in [1.807, 2.05) is 43.5 Å². The number of nitrogens with zero attached hydrogens (tertiary/aromatic N) is 1. The summed E-state index contributed by atoms with van der Waals surface area (Å²) in [5.41, 5.74) is 4.16. The summed E-state index contributed by atoms with van der Waals surface area (Å²) in [7, 11) is 0. The fourth-order valence-electron chi connectivity index (χ4n) is 3.26. The van der Waals surface area contributed by atoms with Crippen LogP contribution in [-0.4, -0.2) is 28.6 Å². The summed E-state index contributed by atoms with van der Waals surface area (Å²) in [6.45, 7) is 3.91. The minimum absolute atomic E-state index is 0.00816. The van der Waals surface area contributed by atoms with Gasteiger partial charge in [0.15, 0.2) is 0 Å². The van der Waals surface area contributed by atoms with Crippen molar-refractivity contribution >= 4 is 46.3 Å². The summed E-state index contributed by atoms with van der Waals surface area (Å²) in [5.74, 6) is -0.394. The quantitative estimate of drug-likeness (QED) is 0.252. The second-order valence-corrected chi connectivity index (χ2v) is 9.39. The van der Waals surface area contributed by atoms with E-state index in [4.69, 9.17) is 4.74 Å². The molecule has 2 aromatic carbocycles. The van der Waals surface area contributed by atoms with Crippen LogP contribution in [0, 0.1) is 13.8 Å². The Labute approximate surface area is 194 Å². The summed E-state index contributed by atoms with van der Waals surface area (Å²) >= 11 is 2.38. The molecule has 5 nitrogen and oxygen atoms in total. The third-order valence-electron chi connectivity index (χ3n) is 5.01. The number of esters is 1. The fourth-order valence-corrected chi connectivity index (χ4v) is 4.85. The van der Waals surface area contributed by atoms with Crippen molar-refractivity contribution in [2.24, 2.45) is 0 Å². The zero-order chi connectivity index (χ0) is 22.7. The Morgan fingerprint density at radius 3 is 2.47 bits per heavy atom. The molecule has 2 heterocycles. The Morgan fingerprint density at radius 1 is 1.03 bits per heavy atom. The fraction of sp³-hybridized carbons (Fsp3) is 0.160. The standard InChI is InChI=1S/C25H21NO4S2/c1-16-5-7-18(8-6-16)19-9-10-21(17(2)14-19)30-23(27)11-12-26-24(28)22(32-25(26)29)15-20-4-3-13-31-20/h3-10,13-15H,11-12H2,1-2H3/b22-15-. The van der Waals surface area contributed by atoms with Gasteiger partial charge in [0.05, 0.1) is 11.3 Å². The van der Waals surface area contributed by atoms with Gasteiger partial charge in [-0.2, -0.15) is 0 Å². The lowest BCUT2D eigenvalue weighted by atomic mass is 10.0. The van der Waals surface area contributed by atoms with Crippen molar-refractivity contribution in [3.8, 4) is 16.9 Å². The Bertz CT molecular complexity index is 1200. The lowest BCUT2D eigenvalue weighted by Crippen LogP contribution is -2.31. The lowest BCUT2D eigenvalue weighted by molar-refractivity contribution is -0.134. The molecule has 0 aliphatic carbocycles. The Morgan fingerprint density at radius 2 is 1.78 bits per heavy atom. The number of thioether (sulfide) groups is 1. The third-order valence-corrected chi connectivity index (χ3v) is 6.74. The molecule has 0 N–H and O–H groups in total. The second kappa shape index (κ2) is 9.54. The number of ether oxygens (including phenoxy) is 1. The van der Waals surface area contributed by atoms with E-state index in [1.165, 1.54) is 16.9 Å². The number of hydrogen-bond donors (Lipinski definition) is 0. The van der Waals surface area contributed by atoms with Gasteiger partial charge < -0.3 is 4.74 Å². The van der Waals surface area contributed by atoms with Crippen molar-refractivity contribution in [1.82, 2.24) is 4.90 Å². The molecule has 1 saturated heterocycles. The summed E-state index contributed by atoms with van der Waals surface area (Å²) in [6, 6.07) is 17.6. The topological polar surface area (TPSA) is 63.7 Å². The predicted octanol–water partition coefficient (Wildman–Crippen LogP) is 6.06. The molecule has 0 spiro atoms. The first-order valence-corrected chi connectivity index (χ1v) is 11.8. The molecule has 1 aliphatic heterocycles. The smallest absolute Gasteiger partial charge is 0.313 e. The van der Waals surface area contributed by atoms with Gasteiger partial charge in [0.25, 0.3) is 11.1 Å². The summed E-state index contributed by atoms with van der Waals surface area (Å²) < 4.78 is 5.49. The largest absolute Gasteiger partial charge is 0.426 e. The van der Waals surface area contributed by atoms with Crippen molar-refractivity contribution in [2.45, 2.75) is 20.3 Å². The molecule has 4 rings (SSSR count). The number of benzene rings is 2. The number of amides is 2. The molecule has 32 heavy (non-hydrogen) atoms. The number of imide groups is 1. The molecule has 1 aliphatic rings. The molecule has 1 aromatic heterocycles. The van der Waals surface area contributed by atoms with Gasteiger partial charge in [0.2, 0.25) is 0 Å². The Balaban J connectivity index is 1.36. The van der Waals surface area contributed by atoms with Gasteiger partial charge in [-0.3, -0.25) is 19.3 Å². The van der Waals surface area contributed by atoms with Crippen LogP contribution < -0.4 is 4.74 Å². The van der Waals surface area contributed by atoms with Crippen LogP contribution >= 0.6 is 23.1 Å². The highest BCUT2D eigenvalue weighted by Crippen LogP contribution is 2.33. The van der Waals surface area contributed by atoms with Crippen LogP contribution in [0.25, 0.3) is 17.2 Å². The van der Waals surface area contributed by atoms with E-state index >= 15 is 0 Å². The van der Waals surface area contributed by atoms with E-state index in [-0.39, 0.29) is 24.1 Å². The van der Waals surface area contributed by atoms with Crippen molar-refractivity contribution in [2.75, 3.05) is 6.54 Å². The third kappa shape index (κ3) is 5.00. The average Bonchev–Trinajstić information content (AvgIpc) is 3.37. The van der Waals surface area contributed by atoms with Crippen LogP contribution in [0.2, 0.25) is 0 Å². The highest BCUT2D eigenvalue weighted by Gasteiger charge is 2.35. The molecule has 3 aromatic rings. The summed E-state index contributed by atoms with van der Waals surface area (Å²) in [4.78, 5) is 39.5. The van der Waals surface area contributed by atoms with E-state index in [0.717, 1.165) is 38.2 Å². The number of carbonyl (C=O) groups is 3. The van der Waals surface area contributed by atoms with E-state index in [1.54, 1.807) is 12.1 Å². The zero-order valence-corrected chi connectivity index (χ0v) is 19.3. The first kappa shape index (κ1) is 22.0. The molecule has 2 amide bonds. The minimum Gasteiger partial charge on any atom is -0.426 e. The van der Waals surface area contributed by atoms with E-state index in [2.05, 4.69) is 24.3 Å². The van der Waals surface area contributed by atoms with Gasteiger partial charge in [-0.05, 0) is 72.0 Å². The molecule has 0 atom stereocenters. The molecular formula is C25H21NO4S2. The van der Waals surface area contributed by atoms with Gasteiger partial charge in [0.1, 0.15) is 5.75 Å². The van der Waals surface area contributed by atoms with Gasteiger partial charge in [-0.15, -0.1) is 11.3 Å². The highest BCUT2D eigenvalue weighted by molar-refractivity contribution is 8.18. The normalized spacial score (nSPS) is 14.9. The maximum Gasteiger partial charge on any atom is 0.313 e. The molecule has 162 valence electrons. The van der Waals surface area contributed by atoms with Gasteiger partial charge >= 0.3 is 5.97 Å². The number of thiophene rings is 1. The van der Waals surface area contributed by atoms with Crippen LogP contribution in [0.1, 0.15) is 22.4 Å². The van der Waals surface area contributed by atoms with Gasteiger partial charge in [-0.25, -0.2) is 0 Å². The van der Waals surface area contributed by atoms with Crippen LogP contribution in [0.4, 0.5) is 4.79 Å². The zero-order valence-electron chi connectivity index (χ0n) is 17.7. The summed E-state index contributed by atoms with van der Waals surface area (Å²) in [6.07, 6.45) is 1.64. The summed E-state index contributed by atoms with van der Waals surface area (Å²) in [5, 5.41) is 1.53. The van der Waals surface area contributed by atoms with Crippen molar-refractivity contribution in [3.63, 3.8) is 0 Å². The molecule has 0 bridgehead atoms.